The second-order valence-corrected chi connectivity index (χ2v) is 6.09. The van der Waals surface area contributed by atoms with Gasteiger partial charge >= 0.3 is 0 Å². The van der Waals surface area contributed by atoms with E-state index in [0.717, 1.165) is 4.47 Å². The van der Waals surface area contributed by atoms with Gasteiger partial charge < -0.3 is 15.6 Å². The van der Waals surface area contributed by atoms with Crippen LogP contribution in [0.1, 0.15) is 5.56 Å². The highest BCUT2D eigenvalue weighted by Crippen LogP contribution is 2.39. The van der Waals surface area contributed by atoms with Crippen molar-refractivity contribution in [3.05, 3.63) is 26.0 Å². The van der Waals surface area contributed by atoms with Gasteiger partial charge in [0.1, 0.15) is 5.82 Å². The summed E-state index contributed by atoms with van der Waals surface area (Å²) in [6.45, 7) is 0. The van der Waals surface area contributed by atoms with Gasteiger partial charge in [0.25, 0.3) is 0 Å². The maximum Gasteiger partial charge on any atom is 0.205 e. The van der Waals surface area contributed by atoms with Crippen LogP contribution in [0.4, 0.5) is 10.9 Å². The van der Waals surface area contributed by atoms with E-state index in [4.69, 9.17) is 10.5 Å². The second kappa shape index (κ2) is 6.42. The van der Waals surface area contributed by atoms with Crippen LogP contribution in [0.25, 0.3) is 0 Å². The van der Waals surface area contributed by atoms with Gasteiger partial charge in [-0.15, -0.1) is 11.3 Å². The lowest BCUT2D eigenvalue weighted by Gasteiger charge is -2.09. The zero-order valence-electron chi connectivity index (χ0n) is 10.2. The van der Waals surface area contributed by atoms with Crippen LogP contribution in [0.15, 0.2) is 25.5 Å². The van der Waals surface area contributed by atoms with E-state index in [0.29, 0.717) is 26.7 Å². The maximum absolute atomic E-state index is 10.1. The SMILES string of the molecule is COc1cc(Br)c(Br)c(C=NNc2nc(N)cs2)c1O. The highest BCUT2D eigenvalue weighted by Gasteiger charge is 2.14. The number of aromatic nitrogens is 1. The van der Waals surface area contributed by atoms with E-state index >= 15 is 0 Å². The molecule has 0 aliphatic carbocycles. The molecule has 106 valence electrons. The van der Waals surface area contributed by atoms with Crippen molar-refractivity contribution in [3.63, 3.8) is 0 Å². The number of hydrogen-bond donors (Lipinski definition) is 3. The smallest absolute Gasteiger partial charge is 0.205 e. The number of phenolic OH excluding ortho intramolecular Hbond substituents is 1. The Kier molecular flexibility index (Phi) is 4.84. The number of ether oxygens (including phenoxy) is 1. The number of hydrogen-bond acceptors (Lipinski definition) is 7. The number of nitrogens with one attached hydrogen (secondary N) is 1. The van der Waals surface area contributed by atoms with E-state index in [1.165, 1.54) is 24.7 Å². The first kappa shape index (κ1) is 15.1. The van der Waals surface area contributed by atoms with E-state index in [-0.39, 0.29) is 5.75 Å². The normalized spacial score (nSPS) is 10.9. The minimum atomic E-state index is -0.00761. The Hall–Kier alpha value is -1.32. The number of phenols is 1. The van der Waals surface area contributed by atoms with Crippen molar-refractivity contribution in [2.45, 2.75) is 0 Å². The summed E-state index contributed by atoms with van der Waals surface area (Å²) in [5.74, 6) is 0.771. The number of hydrazone groups is 1. The number of nitrogen functional groups attached to an aromatic ring is 1. The lowest BCUT2D eigenvalue weighted by Crippen LogP contribution is -1.95. The third kappa shape index (κ3) is 3.22. The summed E-state index contributed by atoms with van der Waals surface area (Å²) in [4.78, 5) is 4.00. The zero-order valence-corrected chi connectivity index (χ0v) is 14.2. The van der Waals surface area contributed by atoms with Crippen molar-refractivity contribution in [1.82, 2.24) is 4.98 Å². The van der Waals surface area contributed by atoms with Gasteiger partial charge in [-0.1, -0.05) is 0 Å². The first-order chi connectivity index (χ1) is 9.52. The van der Waals surface area contributed by atoms with Gasteiger partial charge in [0.05, 0.1) is 18.9 Å². The molecule has 0 aliphatic rings. The molecule has 20 heavy (non-hydrogen) atoms. The number of nitrogens with two attached hydrogens (primary N) is 1. The molecule has 1 aromatic heterocycles. The van der Waals surface area contributed by atoms with Gasteiger partial charge in [0, 0.05) is 14.3 Å². The fraction of sp³-hybridized carbons (Fsp3) is 0.0909. The number of nitrogens with zero attached hydrogens (tertiary/aromatic N) is 2. The molecule has 0 saturated heterocycles. The molecule has 4 N–H and O–H groups in total. The molecule has 0 saturated carbocycles. The Balaban J connectivity index is 2.26. The first-order valence-electron chi connectivity index (χ1n) is 5.28. The zero-order chi connectivity index (χ0) is 14.7. The quantitative estimate of drug-likeness (QED) is 0.519. The molecular formula is C11H10Br2N4O2S. The number of benzene rings is 1. The number of anilines is 2. The summed E-state index contributed by atoms with van der Waals surface area (Å²) in [5, 5.41) is 16.3. The summed E-state index contributed by atoms with van der Waals surface area (Å²) >= 11 is 8.07. The van der Waals surface area contributed by atoms with Crippen LogP contribution >= 0.6 is 43.2 Å². The van der Waals surface area contributed by atoms with E-state index in [9.17, 15) is 5.11 Å². The summed E-state index contributed by atoms with van der Waals surface area (Å²) in [6.07, 6.45) is 1.46. The van der Waals surface area contributed by atoms with Gasteiger partial charge in [-0.3, -0.25) is 5.43 Å². The van der Waals surface area contributed by atoms with Gasteiger partial charge in [-0.2, -0.15) is 5.10 Å². The van der Waals surface area contributed by atoms with Crippen molar-refractivity contribution >= 4 is 60.4 Å². The third-order valence-corrected chi connectivity index (χ3v) is 5.07. The molecule has 0 amide bonds. The minimum Gasteiger partial charge on any atom is -0.504 e. The van der Waals surface area contributed by atoms with Crippen LogP contribution in [0.3, 0.4) is 0 Å². The number of thiazole rings is 1. The molecule has 2 aromatic rings. The molecule has 6 nitrogen and oxygen atoms in total. The largest absolute Gasteiger partial charge is 0.504 e. The van der Waals surface area contributed by atoms with Gasteiger partial charge in [0.15, 0.2) is 11.5 Å². The minimum absolute atomic E-state index is 0.00761. The second-order valence-electron chi connectivity index (χ2n) is 3.58. The van der Waals surface area contributed by atoms with E-state index in [1.807, 2.05) is 0 Å². The van der Waals surface area contributed by atoms with Gasteiger partial charge in [0.2, 0.25) is 5.13 Å². The topological polar surface area (TPSA) is 92.8 Å². The summed E-state index contributed by atoms with van der Waals surface area (Å²) in [5.41, 5.74) is 8.72. The fourth-order valence-corrected chi connectivity index (χ4v) is 2.75. The molecule has 9 heteroatoms. The van der Waals surface area contributed by atoms with Gasteiger partial charge in [-0.05, 0) is 37.9 Å². The van der Waals surface area contributed by atoms with Crippen molar-refractivity contribution in [1.29, 1.82) is 0 Å². The predicted octanol–water partition coefficient (Wildman–Crippen LogP) is 3.41. The molecule has 0 aliphatic heterocycles. The Morgan fingerprint density at radius 3 is 2.90 bits per heavy atom. The number of aromatic hydroxyl groups is 1. The number of rotatable bonds is 4. The predicted molar refractivity (Wildman–Crippen MR) is 87.8 cm³/mol. The van der Waals surface area contributed by atoms with Crippen LogP contribution in [0.2, 0.25) is 0 Å². The third-order valence-electron chi connectivity index (χ3n) is 2.29. The maximum atomic E-state index is 10.1. The van der Waals surface area contributed by atoms with E-state index < -0.39 is 0 Å². The molecule has 0 bridgehead atoms. The average Bonchev–Trinajstić information content (AvgIpc) is 2.83. The van der Waals surface area contributed by atoms with Crippen LogP contribution in [0.5, 0.6) is 11.5 Å². The highest BCUT2D eigenvalue weighted by molar-refractivity contribution is 9.13. The first-order valence-corrected chi connectivity index (χ1v) is 7.74. The fourth-order valence-electron chi connectivity index (χ4n) is 1.38. The van der Waals surface area contributed by atoms with Crippen molar-refractivity contribution in [3.8, 4) is 11.5 Å². The Bertz CT molecular complexity index is 660. The average molecular weight is 422 g/mol. The molecule has 0 atom stereocenters. The Morgan fingerprint density at radius 1 is 1.55 bits per heavy atom. The number of halogens is 2. The Morgan fingerprint density at radius 2 is 2.30 bits per heavy atom. The monoisotopic (exact) mass is 420 g/mol. The molecule has 1 aromatic carbocycles. The van der Waals surface area contributed by atoms with Crippen LogP contribution in [-0.2, 0) is 0 Å². The van der Waals surface area contributed by atoms with E-state index in [2.05, 4.69) is 47.4 Å². The highest BCUT2D eigenvalue weighted by atomic mass is 79.9. The molecule has 1 heterocycles. The lowest BCUT2D eigenvalue weighted by molar-refractivity contribution is 0.372. The Labute approximate surface area is 135 Å². The molecular weight excluding hydrogens is 412 g/mol. The molecule has 0 unspecified atom stereocenters. The van der Waals surface area contributed by atoms with Crippen LogP contribution in [0, 0.1) is 0 Å². The lowest BCUT2D eigenvalue weighted by atomic mass is 10.2. The van der Waals surface area contributed by atoms with Crippen LogP contribution in [-0.4, -0.2) is 23.4 Å². The van der Waals surface area contributed by atoms with Crippen molar-refractivity contribution in [2.24, 2.45) is 5.10 Å². The summed E-state index contributed by atoms with van der Waals surface area (Å²) in [7, 11) is 1.48. The standard InChI is InChI=1S/C11H10Br2N4O2S/c1-19-7-2-6(12)9(13)5(10(7)18)3-15-17-11-16-8(14)4-20-11/h2-4,18H,14H2,1H3,(H,16,17). The molecule has 0 radical (unpaired) electrons. The molecule has 2 rings (SSSR count). The summed E-state index contributed by atoms with van der Waals surface area (Å²) < 4.78 is 6.49. The molecule has 0 fully saturated rings. The van der Waals surface area contributed by atoms with Crippen molar-refractivity contribution < 1.29 is 9.84 Å². The van der Waals surface area contributed by atoms with Crippen LogP contribution < -0.4 is 15.9 Å². The van der Waals surface area contributed by atoms with Crippen molar-refractivity contribution in [2.75, 3.05) is 18.3 Å². The van der Waals surface area contributed by atoms with E-state index in [1.54, 1.807) is 11.4 Å². The number of methoxy groups -OCH3 is 1. The van der Waals surface area contributed by atoms with Gasteiger partial charge in [-0.25, -0.2) is 4.98 Å². The molecule has 0 spiro atoms. The summed E-state index contributed by atoms with van der Waals surface area (Å²) in [6, 6.07) is 1.66.